The van der Waals surface area contributed by atoms with E-state index >= 15 is 0 Å². The van der Waals surface area contributed by atoms with Crippen LogP contribution in [-0.4, -0.2) is 76.8 Å². The fraction of sp³-hybridized carbons (Fsp3) is 0.655. The zero-order valence-corrected chi connectivity index (χ0v) is 26.6. The van der Waals surface area contributed by atoms with Crippen molar-refractivity contribution in [1.29, 1.82) is 0 Å². The second-order valence-corrected chi connectivity index (χ2v) is 15.9. The molecule has 0 radical (unpaired) electrons. The molecule has 1 aromatic rings. The van der Waals surface area contributed by atoms with E-state index in [1.807, 2.05) is 19.1 Å². The molecule has 4 amide bonds. The van der Waals surface area contributed by atoms with E-state index in [0.717, 1.165) is 11.1 Å². The number of sulfonamides is 1. The van der Waals surface area contributed by atoms with Crippen LogP contribution < -0.4 is 10.0 Å². The van der Waals surface area contributed by atoms with E-state index in [1.54, 1.807) is 33.8 Å². The van der Waals surface area contributed by atoms with Gasteiger partial charge in [0.25, 0.3) is 5.91 Å². The first kappa shape index (κ1) is 31.4. The van der Waals surface area contributed by atoms with Gasteiger partial charge in [0.2, 0.25) is 15.9 Å². The molecule has 0 unspecified atom stereocenters. The minimum Gasteiger partial charge on any atom is -0.444 e. The number of carbonyl (C=O) groups excluding carboxylic acids is 4. The molecule has 2 aliphatic carbocycles. The lowest BCUT2D eigenvalue weighted by atomic mass is 10.1. The maximum atomic E-state index is 13.7. The summed E-state index contributed by atoms with van der Waals surface area (Å²) in [4.78, 5) is 56.1. The second-order valence-electron chi connectivity index (χ2n) is 13.3. The number of nitrogens with zero attached hydrogens (tertiary/aromatic N) is 2. The van der Waals surface area contributed by atoms with Gasteiger partial charge in [0, 0.05) is 18.0 Å². The van der Waals surface area contributed by atoms with Crippen molar-refractivity contribution in [2.75, 3.05) is 6.54 Å². The Morgan fingerprint density at radius 2 is 1.81 bits per heavy atom. The fourth-order valence-electron chi connectivity index (χ4n) is 5.78. The standard InChI is InChI=1S/C29H39ClN4O8S/c1-6-18-13-29(18,24(36)32-43(39,40)28(5)10-11-28)31-23(35)22-12-19(15-34(22)26(38)42-27(2,3)4)41-25(37)33-14-17-8-7-9-21(30)20(17)16-33/h7-9,18-19,22H,6,10-16H2,1-5H3,(H,31,35)(H,32,36)/t18-,19-,22+,29-/m1/s1. The summed E-state index contributed by atoms with van der Waals surface area (Å²) in [6, 6.07) is 4.34. The quantitative estimate of drug-likeness (QED) is 0.461. The topological polar surface area (TPSA) is 151 Å². The van der Waals surface area contributed by atoms with Crippen molar-refractivity contribution in [1.82, 2.24) is 19.8 Å². The summed E-state index contributed by atoms with van der Waals surface area (Å²) in [5, 5.41) is 3.33. The monoisotopic (exact) mass is 638 g/mol. The van der Waals surface area contributed by atoms with E-state index < -0.39 is 62.1 Å². The van der Waals surface area contributed by atoms with Crippen LogP contribution in [0.2, 0.25) is 5.02 Å². The van der Waals surface area contributed by atoms with Crippen molar-refractivity contribution in [3.8, 4) is 0 Å². The molecular weight excluding hydrogens is 600 g/mol. The van der Waals surface area contributed by atoms with Crippen LogP contribution in [0, 0.1) is 5.92 Å². The van der Waals surface area contributed by atoms with Crippen molar-refractivity contribution in [3.05, 3.63) is 34.3 Å². The van der Waals surface area contributed by atoms with Gasteiger partial charge < -0.3 is 14.8 Å². The SMILES string of the molecule is CC[C@@H]1C[C@]1(NC(=O)[C@@H]1C[C@@H](OC(=O)N2Cc3cccc(Cl)c3C2)CN1C(=O)OC(C)(C)C)C(=O)NS(=O)(=O)C1(C)CC1. The third-order valence-corrected chi connectivity index (χ3v) is 11.3. The molecule has 14 heteroatoms. The van der Waals surface area contributed by atoms with Gasteiger partial charge in [-0.1, -0.05) is 37.1 Å². The first-order chi connectivity index (χ1) is 20.0. The number of hydrogen-bond donors (Lipinski definition) is 2. The van der Waals surface area contributed by atoms with Gasteiger partial charge in [-0.2, -0.15) is 0 Å². The van der Waals surface area contributed by atoms with Gasteiger partial charge in [0.1, 0.15) is 23.3 Å². The van der Waals surface area contributed by atoms with Crippen molar-refractivity contribution >= 4 is 45.6 Å². The Kier molecular flexibility index (Phi) is 7.90. The molecule has 1 aromatic carbocycles. The molecule has 236 valence electrons. The van der Waals surface area contributed by atoms with Crippen molar-refractivity contribution in [2.45, 2.75) is 108 Å². The second kappa shape index (κ2) is 10.8. The highest BCUT2D eigenvalue weighted by Crippen LogP contribution is 2.48. The van der Waals surface area contributed by atoms with E-state index in [1.165, 1.54) is 9.80 Å². The number of ether oxygens (including phenoxy) is 2. The Morgan fingerprint density at radius 3 is 2.40 bits per heavy atom. The van der Waals surface area contributed by atoms with Crippen LogP contribution in [0.5, 0.6) is 0 Å². The summed E-state index contributed by atoms with van der Waals surface area (Å²) in [5.74, 6) is -1.70. The number of carbonyl (C=O) groups is 4. The fourth-order valence-corrected chi connectivity index (χ4v) is 7.34. The van der Waals surface area contributed by atoms with Gasteiger partial charge in [-0.15, -0.1) is 0 Å². The molecule has 4 atom stereocenters. The predicted molar refractivity (Wildman–Crippen MR) is 156 cm³/mol. The summed E-state index contributed by atoms with van der Waals surface area (Å²) in [5.41, 5.74) is -0.513. The van der Waals surface area contributed by atoms with Crippen LogP contribution in [0.4, 0.5) is 9.59 Å². The van der Waals surface area contributed by atoms with Crippen LogP contribution in [0.1, 0.15) is 77.8 Å². The molecule has 2 aliphatic heterocycles. The number of amides is 4. The van der Waals surface area contributed by atoms with E-state index in [-0.39, 0.29) is 31.8 Å². The van der Waals surface area contributed by atoms with Gasteiger partial charge >= 0.3 is 12.2 Å². The number of likely N-dealkylation sites (tertiary alicyclic amines) is 1. The minimum atomic E-state index is -3.92. The molecule has 3 fully saturated rings. The van der Waals surface area contributed by atoms with E-state index in [2.05, 4.69) is 10.0 Å². The molecule has 12 nitrogen and oxygen atoms in total. The lowest BCUT2D eigenvalue weighted by Gasteiger charge is -2.29. The molecule has 2 heterocycles. The highest BCUT2D eigenvalue weighted by Gasteiger charge is 2.63. The Hall–Kier alpha value is -3.06. The Morgan fingerprint density at radius 1 is 1.12 bits per heavy atom. The Balaban J connectivity index is 1.30. The molecule has 43 heavy (non-hydrogen) atoms. The highest BCUT2D eigenvalue weighted by molar-refractivity contribution is 7.91. The summed E-state index contributed by atoms with van der Waals surface area (Å²) < 4.78 is 38.1. The summed E-state index contributed by atoms with van der Waals surface area (Å²) in [7, 11) is -3.92. The van der Waals surface area contributed by atoms with E-state index in [9.17, 15) is 27.6 Å². The number of nitrogens with one attached hydrogen (secondary N) is 2. The van der Waals surface area contributed by atoms with Crippen LogP contribution in [-0.2, 0) is 42.2 Å². The van der Waals surface area contributed by atoms with E-state index in [0.29, 0.717) is 30.8 Å². The summed E-state index contributed by atoms with van der Waals surface area (Å²) in [6.45, 7) is 9.01. The Labute approximate surface area is 256 Å². The number of halogens is 1. The molecule has 1 saturated heterocycles. The van der Waals surface area contributed by atoms with Crippen LogP contribution in [0.25, 0.3) is 0 Å². The number of rotatable bonds is 7. The predicted octanol–water partition coefficient (Wildman–Crippen LogP) is 3.45. The molecule has 4 aliphatic rings. The van der Waals surface area contributed by atoms with Gasteiger partial charge in [-0.25, -0.2) is 18.0 Å². The number of hydrogen-bond acceptors (Lipinski definition) is 8. The van der Waals surface area contributed by atoms with Gasteiger partial charge in [0.05, 0.1) is 17.8 Å². The average molecular weight is 639 g/mol. The third kappa shape index (κ3) is 6.15. The normalized spacial score (nSPS) is 27.3. The third-order valence-electron chi connectivity index (χ3n) is 8.82. The smallest absolute Gasteiger partial charge is 0.411 e. The van der Waals surface area contributed by atoms with Gasteiger partial charge in [-0.05, 0) is 70.1 Å². The maximum Gasteiger partial charge on any atom is 0.411 e. The van der Waals surface area contributed by atoms with Crippen molar-refractivity contribution in [3.63, 3.8) is 0 Å². The first-order valence-electron chi connectivity index (χ1n) is 14.6. The molecule has 0 aromatic heterocycles. The van der Waals surface area contributed by atoms with Crippen LogP contribution >= 0.6 is 11.6 Å². The van der Waals surface area contributed by atoms with E-state index in [4.69, 9.17) is 21.1 Å². The lowest BCUT2D eigenvalue weighted by molar-refractivity contribution is -0.132. The zero-order valence-electron chi connectivity index (χ0n) is 25.1. The molecule has 0 bridgehead atoms. The molecule has 5 rings (SSSR count). The molecule has 2 saturated carbocycles. The van der Waals surface area contributed by atoms with Gasteiger partial charge in [0.15, 0.2) is 0 Å². The summed E-state index contributed by atoms with van der Waals surface area (Å²) in [6.07, 6.45) is -0.510. The van der Waals surface area contributed by atoms with Crippen LogP contribution in [0.15, 0.2) is 18.2 Å². The average Bonchev–Trinajstić information content (AvgIpc) is 3.70. The molecule has 0 spiro atoms. The summed E-state index contributed by atoms with van der Waals surface area (Å²) >= 11 is 6.29. The molecule has 2 N–H and O–H groups in total. The highest BCUT2D eigenvalue weighted by atomic mass is 35.5. The lowest BCUT2D eigenvalue weighted by Crippen LogP contribution is -2.57. The largest absolute Gasteiger partial charge is 0.444 e. The maximum absolute atomic E-state index is 13.7. The van der Waals surface area contributed by atoms with Crippen molar-refractivity contribution < 1.29 is 37.1 Å². The van der Waals surface area contributed by atoms with Gasteiger partial charge in [-0.3, -0.25) is 24.1 Å². The zero-order chi connectivity index (χ0) is 31.5. The van der Waals surface area contributed by atoms with Crippen molar-refractivity contribution in [2.24, 2.45) is 5.92 Å². The Bertz CT molecular complexity index is 1460. The minimum absolute atomic E-state index is 0.0246. The van der Waals surface area contributed by atoms with Crippen LogP contribution in [0.3, 0.4) is 0 Å². The first-order valence-corrected chi connectivity index (χ1v) is 16.4. The number of benzene rings is 1. The molecular formula is C29H39ClN4O8S. The number of fused-ring (bicyclic) bond motifs is 1.